The highest BCUT2D eigenvalue weighted by atomic mass is 35.5. The van der Waals surface area contributed by atoms with Gasteiger partial charge >= 0.3 is 0 Å². The lowest BCUT2D eigenvalue weighted by Crippen LogP contribution is -1.95. The molecule has 0 amide bonds. The smallest absolute Gasteiger partial charge is 0.141 e. The van der Waals surface area contributed by atoms with Crippen molar-refractivity contribution in [3.8, 4) is 23.5 Å². The van der Waals surface area contributed by atoms with Crippen LogP contribution in [0.3, 0.4) is 0 Å². The van der Waals surface area contributed by atoms with Crippen LogP contribution in [0.2, 0.25) is 10.0 Å². The third-order valence-corrected chi connectivity index (χ3v) is 3.55. The number of halogens is 2. The molecule has 2 aromatic rings. The molecular formula is C15H10Cl2O. The van der Waals surface area contributed by atoms with Crippen LogP contribution in [0.5, 0.6) is 0 Å². The van der Waals surface area contributed by atoms with E-state index in [-0.39, 0.29) is 0 Å². The van der Waals surface area contributed by atoms with E-state index in [1.165, 1.54) is 0 Å². The molecular weight excluding hydrogens is 267 g/mol. The Kier molecular flexibility index (Phi) is 3.93. The van der Waals surface area contributed by atoms with Gasteiger partial charge in [0.2, 0.25) is 0 Å². The Morgan fingerprint density at radius 3 is 2.28 bits per heavy atom. The Morgan fingerprint density at radius 2 is 1.67 bits per heavy atom. The van der Waals surface area contributed by atoms with E-state index in [1.807, 2.05) is 30.3 Å². The van der Waals surface area contributed by atoms with Crippen LogP contribution in [0.4, 0.5) is 0 Å². The summed E-state index contributed by atoms with van der Waals surface area (Å²) in [6, 6.07) is 13.1. The number of rotatable bonds is 2. The Bertz CT molecular complexity index is 600. The molecule has 0 aromatic heterocycles. The van der Waals surface area contributed by atoms with E-state index >= 15 is 0 Å². The third kappa shape index (κ3) is 2.37. The van der Waals surface area contributed by atoms with Gasteiger partial charge in [-0.25, -0.2) is 0 Å². The van der Waals surface area contributed by atoms with Gasteiger partial charge < -0.3 is 5.11 Å². The number of aliphatic hydroxyl groups excluding tert-OH is 1. The zero-order valence-corrected chi connectivity index (χ0v) is 10.9. The number of hydrogen-bond donors (Lipinski definition) is 1. The van der Waals surface area contributed by atoms with Crippen molar-refractivity contribution in [2.45, 2.75) is 6.10 Å². The molecule has 0 heterocycles. The van der Waals surface area contributed by atoms with Crippen LogP contribution in [0.25, 0.3) is 11.1 Å². The lowest BCUT2D eigenvalue weighted by Gasteiger charge is -2.12. The van der Waals surface area contributed by atoms with Crippen molar-refractivity contribution in [3.63, 3.8) is 0 Å². The van der Waals surface area contributed by atoms with Gasteiger partial charge in [0.1, 0.15) is 6.10 Å². The van der Waals surface area contributed by atoms with E-state index in [0.29, 0.717) is 15.6 Å². The summed E-state index contributed by atoms with van der Waals surface area (Å²) in [5.74, 6) is 2.22. The summed E-state index contributed by atoms with van der Waals surface area (Å²) in [7, 11) is 0. The third-order valence-electron chi connectivity index (χ3n) is 2.65. The van der Waals surface area contributed by atoms with Crippen molar-refractivity contribution >= 4 is 23.2 Å². The van der Waals surface area contributed by atoms with Crippen LogP contribution < -0.4 is 0 Å². The van der Waals surface area contributed by atoms with E-state index in [9.17, 15) is 5.11 Å². The van der Waals surface area contributed by atoms with Gasteiger partial charge in [0.05, 0.1) is 10.0 Å². The summed E-state index contributed by atoms with van der Waals surface area (Å²) in [6.07, 6.45) is 4.13. The predicted octanol–water partition coefficient (Wildman–Crippen LogP) is 4.33. The molecule has 1 atom stereocenters. The summed E-state index contributed by atoms with van der Waals surface area (Å²) >= 11 is 12.4. The molecule has 90 valence electrons. The molecule has 0 saturated heterocycles. The summed E-state index contributed by atoms with van der Waals surface area (Å²) in [6.45, 7) is 0. The number of hydrogen-bond acceptors (Lipinski definition) is 1. The van der Waals surface area contributed by atoms with Gasteiger partial charge in [-0.15, -0.1) is 6.42 Å². The fraction of sp³-hybridized carbons (Fsp3) is 0.0667. The first-order valence-corrected chi connectivity index (χ1v) is 6.08. The van der Waals surface area contributed by atoms with E-state index in [0.717, 1.165) is 11.1 Å². The molecule has 0 radical (unpaired) electrons. The largest absolute Gasteiger partial charge is 0.376 e. The normalized spacial score (nSPS) is 11.9. The van der Waals surface area contributed by atoms with Gasteiger partial charge in [-0.3, -0.25) is 0 Å². The molecule has 0 fully saturated rings. The van der Waals surface area contributed by atoms with E-state index in [4.69, 9.17) is 29.6 Å². The molecule has 0 aliphatic carbocycles. The molecule has 2 aromatic carbocycles. The van der Waals surface area contributed by atoms with Crippen LogP contribution in [0, 0.1) is 12.3 Å². The van der Waals surface area contributed by atoms with Crippen molar-refractivity contribution in [1.29, 1.82) is 0 Å². The monoisotopic (exact) mass is 276 g/mol. The van der Waals surface area contributed by atoms with Crippen molar-refractivity contribution < 1.29 is 5.11 Å². The molecule has 0 bridgehead atoms. The average Bonchev–Trinajstić information content (AvgIpc) is 2.42. The fourth-order valence-electron chi connectivity index (χ4n) is 1.71. The minimum atomic E-state index is -1.04. The minimum absolute atomic E-state index is 0.295. The number of terminal acetylenes is 1. The Hall–Kier alpha value is -1.46. The zero-order chi connectivity index (χ0) is 13.1. The highest BCUT2D eigenvalue weighted by Gasteiger charge is 2.15. The quantitative estimate of drug-likeness (QED) is 0.810. The van der Waals surface area contributed by atoms with Crippen LogP contribution in [0.15, 0.2) is 42.5 Å². The Balaban J connectivity index is 2.55. The van der Waals surface area contributed by atoms with E-state index in [2.05, 4.69) is 5.92 Å². The highest BCUT2D eigenvalue weighted by molar-refractivity contribution is 6.44. The maximum Gasteiger partial charge on any atom is 0.141 e. The van der Waals surface area contributed by atoms with Crippen molar-refractivity contribution in [2.24, 2.45) is 0 Å². The van der Waals surface area contributed by atoms with Crippen LogP contribution in [-0.2, 0) is 0 Å². The number of aliphatic hydroxyl groups is 1. The predicted molar refractivity (Wildman–Crippen MR) is 75.7 cm³/mol. The van der Waals surface area contributed by atoms with Gasteiger partial charge in [-0.2, -0.15) is 0 Å². The molecule has 0 aliphatic heterocycles. The molecule has 0 aliphatic rings. The van der Waals surface area contributed by atoms with Crippen LogP contribution in [-0.4, -0.2) is 5.11 Å². The van der Waals surface area contributed by atoms with Gasteiger partial charge in [0.25, 0.3) is 0 Å². The molecule has 1 unspecified atom stereocenters. The SMILES string of the molecule is C#CC(O)c1ccc(-c2ccccc2)c(Cl)c1Cl. The molecule has 1 nitrogen and oxygen atoms in total. The van der Waals surface area contributed by atoms with Crippen molar-refractivity contribution in [1.82, 2.24) is 0 Å². The van der Waals surface area contributed by atoms with Crippen LogP contribution >= 0.6 is 23.2 Å². The number of benzene rings is 2. The molecule has 0 saturated carbocycles. The molecule has 2 rings (SSSR count). The van der Waals surface area contributed by atoms with Crippen LogP contribution in [0.1, 0.15) is 11.7 Å². The molecule has 1 N–H and O–H groups in total. The second-order valence-corrected chi connectivity index (χ2v) is 4.52. The van der Waals surface area contributed by atoms with E-state index in [1.54, 1.807) is 12.1 Å². The van der Waals surface area contributed by atoms with Gasteiger partial charge in [-0.1, -0.05) is 71.6 Å². The topological polar surface area (TPSA) is 20.2 Å². The second-order valence-electron chi connectivity index (χ2n) is 3.77. The standard InChI is InChI=1S/C15H10Cl2O/c1-2-13(18)12-9-8-11(14(16)15(12)17)10-6-4-3-5-7-10/h1,3-9,13,18H. The Morgan fingerprint density at radius 1 is 1.00 bits per heavy atom. The first kappa shape index (κ1) is 13.0. The van der Waals surface area contributed by atoms with Gasteiger partial charge in [0, 0.05) is 11.1 Å². The lowest BCUT2D eigenvalue weighted by molar-refractivity contribution is 0.238. The van der Waals surface area contributed by atoms with Gasteiger partial charge in [0.15, 0.2) is 0 Å². The zero-order valence-electron chi connectivity index (χ0n) is 9.40. The Labute approximate surface area is 116 Å². The minimum Gasteiger partial charge on any atom is -0.376 e. The fourth-order valence-corrected chi connectivity index (χ4v) is 2.26. The van der Waals surface area contributed by atoms with Crippen molar-refractivity contribution in [2.75, 3.05) is 0 Å². The maximum atomic E-state index is 9.62. The molecule has 3 heteroatoms. The molecule has 18 heavy (non-hydrogen) atoms. The summed E-state index contributed by atoms with van der Waals surface area (Å²) in [4.78, 5) is 0. The van der Waals surface area contributed by atoms with Crippen molar-refractivity contribution in [3.05, 3.63) is 58.1 Å². The first-order chi connectivity index (χ1) is 8.65. The summed E-state index contributed by atoms with van der Waals surface area (Å²) < 4.78 is 0. The summed E-state index contributed by atoms with van der Waals surface area (Å²) in [5, 5.41) is 10.3. The lowest BCUT2D eigenvalue weighted by atomic mass is 10.0. The van der Waals surface area contributed by atoms with Gasteiger partial charge in [-0.05, 0) is 5.56 Å². The van der Waals surface area contributed by atoms with E-state index < -0.39 is 6.10 Å². The first-order valence-electron chi connectivity index (χ1n) is 5.32. The molecule has 0 spiro atoms. The average molecular weight is 277 g/mol. The summed E-state index contributed by atoms with van der Waals surface area (Å²) in [5.41, 5.74) is 2.23. The highest BCUT2D eigenvalue weighted by Crippen LogP contribution is 2.37. The maximum absolute atomic E-state index is 9.62. The second kappa shape index (κ2) is 5.46.